The number of nitrogens with one attached hydrogen (secondary N) is 2. The molecule has 0 aliphatic rings. The van der Waals surface area contributed by atoms with E-state index in [9.17, 15) is 14.4 Å². The van der Waals surface area contributed by atoms with Crippen molar-refractivity contribution in [2.45, 2.75) is 33.7 Å². The minimum atomic E-state index is -0.784. The zero-order valence-electron chi connectivity index (χ0n) is 15.9. The van der Waals surface area contributed by atoms with Crippen molar-refractivity contribution in [3.63, 3.8) is 0 Å². The molecule has 0 heterocycles. The largest absolute Gasteiger partial charge is 0.425 e. The molecule has 2 N–H and O–H groups in total. The highest BCUT2D eigenvalue weighted by Crippen LogP contribution is 2.17. The van der Waals surface area contributed by atoms with E-state index in [2.05, 4.69) is 10.6 Å². The van der Waals surface area contributed by atoms with Gasteiger partial charge < -0.3 is 15.4 Å². The van der Waals surface area contributed by atoms with Crippen LogP contribution in [0, 0.1) is 12.8 Å². The monoisotopic (exact) mass is 368 g/mol. The van der Waals surface area contributed by atoms with Crippen LogP contribution in [0.1, 0.15) is 36.7 Å². The highest BCUT2D eigenvalue weighted by molar-refractivity contribution is 5.97. The molecule has 6 heteroatoms. The quantitative estimate of drug-likeness (QED) is 0.605. The summed E-state index contributed by atoms with van der Waals surface area (Å²) in [6.07, 6.45) is 0. The molecule has 0 aliphatic heterocycles. The van der Waals surface area contributed by atoms with Gasteiger partial charge in [-0.3, -0.25) is 9.59 Å². The number of rotatable bonds is 6. The van der Waals surface area contributed by atoms with Gasteiger partial charge in [-0.05, 0) is 49.2 Å². The number of anilines is 1. The van der Waals surface area contributed by atoms with Crippen molar-refractivity contribution in [3.05, 3.63) is 59.7 Å². The Hall–Kier alpha value is -3.15. The van der Waals surface area contributed by atoms with Crippen molar-refractivity contribution < 1.29 is 19.1 Å². The van der Waals surface area contributed by atoms with Gasteiger partial charge in [0.05, 0.1) is 0 Å². The smallest absolute Gasteiger partial charge is 0.334 e. The van der Waals surface area contributed by atoms with E-state index in [1.54, 1.807) is 42.5 Å². The molecule has 1 atom stereocenters. The topological polar surface area (TPSA) is 84.5 Å². The lowest BCUT2D eigenvalue weighted by molar-refractivity contribution is -0.137. The molecule has 2 amide bonds. The van der Waals surface area contributed by atoms with Crippen molar-refractivity contribution in [2.75, 3.05) is 5.32 Å². The first kappa shape index (κ1) is 20.2. The second kappa shape index (κ2) is 8.98. The number of carbonyl (C=O) groups is 3. The summed E-state index contributed by atoms with van der Waals surface area (Å²) < 4.78 is 5.39. The van der Waals surface area contributed by atoms with Gasteiger partial charge in [0.25, 0.3) is 5.91 Å². The molecule has 0 bridgehead atoms. The molecule has 1 unspecified atom stereocenters. The van der Waals surface area contributed by atoms with Gasteiger partial charge in [0.2, 0.25) is 5.91 Å². The van der Waals surface area contributed by atoms with Crippen LogP contribution in [-0.2, 0) is 9.59 Å². The number of amides is 2. The van der Waals surface area contributed by atoms with Crippen molar-refractivity contribution in [3.8, 4) is 5.75 Å². The molecular formula is C21H24N2O4. The molecule has 0 radical (unpaired) electrons. The number of esters is 1. The molecule has 6 nitrogen and oxygen atoms in total. The third kappa shape index (κ3) is 5.95. The third-order valence-electron chi connectivity index (χ3n) is 3.88. The summed E-state index contributed by atoms with van der Waals surface area (Å²) in [7, 11) is 0. The Kier molecular flexibility index (Phi) is 6.71. The predicted molar refractivity (Wildman–Crippen MR) is 104 cm³/mol. The summed E-state index contributed by atoms with van der Waals surface area (Å²) in [6, 6.07) is 12.8. The molecule has 2 aromatic carbocycles. The van der Waals surface area contributed by atoms with Gasteiger partial charge in [-0.25, -0.2) is 4.79 Å². The Morgan fingerprint density at radius 1 is 1.00 bits per heavy atom. The van der Waals surface area contributed by atoms with Crippen LogP contribution >= 0.6 is 0 Å². The van der Waals surface area contributed by atoms with Gasteiger partial charge >= 0.3 is 5.97 Å². The van der Waals surface area contributed by atoms with Gasteiger partial charge in [0.1, 0.15) is 11.8 Å². The molecule has 2 rings (SSSR count). The summed E-state index contributed by atoms with van der Waals surface area (Å²) in [6.45, 7) is 6.98. The van der Waals surface area contributed by atoms with E-state index in [0.717, 1.165) is 5.56 Å². The first-order valence-corrected chi connectivity index (χ1v) is 8.73. The van der Waals surface area contributed by atoms with Crippen molar-refractivity contribution >= 4 is 23.5 Å². The summed E-state index contributed by atoms with van der Waals surface area (Å²) in [4.78, 5) is 36.0. The van der Waals surface area contributed by atoms with E-state index >= 15 is 0 Å². The molecule has 0 saturated carbocycles. The number of aryl methyl sites for hydroxylation is 1. The molecular weight excluding hydrogens is 344 g/mol. The Labute approximate surface area is 158 Å². The fourth-order valence-electron chi connectivity index (χ4n) is 2.50. The number of ether oxygens (including phenoxy) is 1. The first-order chi connectivity index (χ1) is 12.8. The standard InChI is InChI=1S/C21H24N2O4/c1-13(2)19(23-20(25)16-7-5-6-14(3)12-16)21(26)27-18-10-8-17(9-11-18)22-15(4)24/h5-13,19H,1-4H3,(H,22,24)(H,23,25). The highest BCUT2D eigenvalue weighted by atomic mass is 16.5. The van der Waals surface area contributed by atoms with E-state index in [0.29, 0.717) is 17.0 Å². The lowest BCUT2D eigenvalue weighted by Crippen LogP contribution is -2.46. The molecule has 0 aliphatic carbocycles. The summed E-state index contributed by atoms with van der Waals surface area (Å²) in [5.41, 5.74) is 2.06. The number of carbonyl (C=O) groups excluding carboxylic acids is 3. The zero-order valence-corrected chi connectivity index (χ0v) is 15.9. The van der Waals surface area contributed by atoms with Crippen LogP contribution in [0.5, 0.6) is 5.75 Å². The Morgan fingerprint density at radius 3 is 2.22 bits per heavy atom. The highest BCUT2D eigenvalue weighted by Gasteiger charge is 2.26. The summed E-state index contributed by atoms with van der Waals surface area (Å²) >= 11 is 0. The number of hydrogen-bond donors (Lipinski definition) is 2. The fourth-order valence-corrected chi connectivity index (χ4v) is 2.50. The van der Waals surface area contributed by atoms with Crippen LogP contribution in [-0.4, -0.2) is 23.8 Å². The Bertz CT molecular complexity index is 828. The van der Waals surface area contributed by atoms with Crippen LogP contribution in [0.3, 0.4) is 0 Å². The second-order valence-corrected chi connectivity index (χ2v) is 6.69. The van der Waals surface area contributed by atoms with E-state index < -0.39 is 12.0 Å². The van der Waals surface area contributed by atoms with Crippen molar-refractivity contribution in [1.82, 2.24) is 5.32 Å². The fraction of sp³-hybridized carbons (Fsp3) is 0.286. The van der Waals surface area contributed by atoms with Crippen molar-refractivity contribution in [1.29, 1.82) is 0 Å². The molecule has 0 saturated heterocycles. The van der Waals surface area contributed by atoms with Gasteiger partial charge in [0.15, 0.2) is 0 Å². The van der Waals surface area contributed by atoms with Gasteiger partial charge in [0, 0.05) is 18.2 Å². The van der Waals surface area contributed by atoms with E-state index in [1.165, 1.54) is 6.92 Å². The minimum absolute atomic E-state index is 0.148. The Balaban J connectivity index is 2.06. The molecule has 0 fully saturated rings. The van der Waals surface area contributed by atoms with Gasteiger partial charge in [-0.15, -0.1) is 0 Å². The minimum Gasteiger partial charge on any atom is -0.425 e. The molecule has 0 aromatic heterocycles. The number of benzene rings is 2. The lowest BCUT2D eigenvalue weighted by Gasteiger charge is -2.21. The lowest BCUT2D eigenvalue weighted by atomic mass is 10.0. The maximum Gasteiger partial charge on any atom is 0.334 e. The summed E-state index contributed by atoms with van der Waals surface area (Å²) in [5.74, 6) is -0.860. The average molecular weight is 368 g/mol. The third-order valence-corrected chi connectivity index (χ3v) is 3.88. The Morgan fingerprint density at radius 2 is 1.67 bits per heavy atom. The van der Waals surface area contributed by atoms with E-state index in [1.807, 2.05) is 26.8 Å². The van der Waals surface area contributed by atoms with Crippen LogP contribution in [0.4, 0.5) is 5.69 Å². The summed E-state index contributed by atoms with van der Waals surface area (Å²) in [5, 5.41) is 5.39. The van der Waals surface area contributed by atoms with Gasteiger partial charge in [-0.2, -0.15) is 0 Å². The van der Waals surface area contributed by atoms with Crippen LogP contribution in [0.25, 0.3) is 0 Å². The van der Waals surface area contributed by atoms with Crippen molar-refractivity contribution in [2.24, 2.45) is 5.92 Å². The van der Waals surface area contributed by atoms with E-state index in [4.69, 9.17) is 4.74 Å². The van der Waals surface area contributed by atoms with E-state index in [-0.39, 0.29) is 17.7 Å². The molecule has 27 heavy (non-hydrogen) atoms. The van der Waals surface area contributed by atoms with Crippen LogP contribution in [0.15, 0.2) is 48.5 Å². The molecule has 2 aromatic rings. The van der Waals surface area contributed by atoms with Crippen LogP contribution in [0.2, 0.25) is 0 Å². The SMILES string of the molecule is CC(=O)Nc1ccc(OC(=O)C(NC(=O)c2cccc(C)c2)C(C)C)cc1. The second-order valence-electron chi connectivity index (χ2n) is 6.69. The van der Waals surface area contributed by atoms with Crippen LogP contribution < -0.4 is 15.4 Å². The maximum atomic E-state index is 12.5. The zero-order chi connectivity index (χ0) is 20.0. The predicted octanol–water partition coefficient (Wildman–Crippen LogP) is 3.31. The normalized spacial score (nSPS) is 11.6. The van der Waals surface area contributed by atoms with Gasteiger partial charge in [-0.1, -0.05) is 31.5 Å². The first-order valence-electron chi connectivity index (χ1n) is 8.73. The maximum absolute atomic E-state index is 12.5. The molecule has 0 spiro atoms. The average Bonchev–Trinajstić information content (AvgIpc) is 2.60. The molecule has 142 valence electrons. The number of hydrogen-bond acceptors (Lipinski definition) is 4.